The van der Waals surface area contributed by atoms with E-state index in [9.17, 15) is 4.79 Å². The Morgan fingerprint density at radius 2 is 1.74 bits per heavy atom. The summed E-state index contributed by atoms with van der Waals surface area (Å²) in [5.41, 5.74) is 4.22. The topological polar surface area (TPSA) is 69.0 Å². The van der Waals surface area contributed by atoms with Crippen molar-refractivity contribution in [2.75, 3.05) is 12.9 Å². The molecule has 1 heterocycles. The van der Waals surface area contributed by atoms with E-state index in [1.54, 1.807) is 7.11 Å². The lowest BCUT2D eigenvalue weighted by Gasteiger charge is -2.20. The fourth-order valence-electron chi connectivity index (χ4n) is 3.95. The highest BCUT2D eigenvalue weighted by Crippen LogP contribution is 2.27. The first kappa shape index (κ1) is 24.5. The van der Waals surface area contributed by atoms with Crippen LogP contribution in [-0.2, 0) is 11.3 Å². The lowest BCUT2D eigenvalue weighted by atomic mass is 9.98. The maximum atomic E-state index is 13.1. The van der Waals surface area contributed by atoms with Crippen molar-refractivity contribution in [2.24, 2.45) is 0 Å². The number of methoxy groups -OCH3 is 1. The van der Waals surface area contributed by atoms with Crippen LogP contribution in [0.4, 0.5) is 0 Å². The maximum absolute atomic E-state index is 13.1. The molecule has 0 saturated heterocycles. The van der Waals surface area contributed by atoms with Gasteiger partial charge in [0.05, 0.1) is 18.9 Å². The molecule has 180 valence electrons. The monoisotopic (exact) mass is 486 g/mol. The van der Waals surface area contributed by atoms with Crippen LogP contribution in [0, 0.1) is 6.92 Å². The summed E-state index contributed by atoms with van der Waals surface area (Å²) in [6, 6.07) is 25.7. The zero-order chi connectivity index (χ0) is 24.6. The summed E-state index contributed by atoms with van der Waals surface area (Å²) >= 11 is 1.41. The van der Waals surface area contributed by atoms with E-state index in [1.807, 2.05) is 66.7 Å². The number of aromatic nitrogens is 3. The Hall–Kier alpha value is -3.58. The summed E-state index contributed by atoms with van der Waals surface area (Å²) in [5.74, 6) is 1.79. The molecule has 7 heteroatoms. The van der Waals surface area contributed by atoms with E-state index in [0.717, 1.165) is 46.4 Å². The van der Waals surface area contributed by atoms with Crippen molar-refractivity contribution in [1.82, 2.24) is 20.1 Å². The predicted molar refractivity (Wildman–Crippen MR) is 141 cm³/mol. The van der Waals surface area contributed by atoms with E-state index in [2.05, 4.69) is 46.1 Å². The van der Waals surface area contributed by atoms with Gasteiger partial charge in [0.1, 0.15) is 5.75 Å². The molecule has 0 aliphatic heterocycles. The molecule has 0 aliphatic carbocycles. The average Bonchev–Trinajstić information content (AvgIpc) is 3.29. The third-order valence-corrected chi connectivity index (χ3v) is 6.63. The Kier molecular flexibility index (Phi) is 8.21. The van der Waals surface area contributed by atoms with Gasteiger partial charge in [-0.15, -0.1) is 10.2 Å². The molecule has 1 atom stereocenters. The van der Waals surface area contributed by atoms with Crippen molar-refractivity contribution in [2.45, 2.75) is 38.0 Å². The lowest BCUT2D eigenvalue weighted by molar-refractivity contribution is -0.119. The minimum atomic E-state index is -0.258. The van der Waals surface area contributed by atoms with Gasteiger partial charge in [-0.3, -0.25) is 4.79 Å². The van der Waals surface area contributed by atoms with Crippen LogP contribution in [0.25, 0.3) is 11.4 Å². The van der Waals surface area contributed by atoms with Gasteiger partial charge in [-0.25, -0.2) is 0 Å². The van der Waals surface area contributed by atoms with E-state index >= 15 is 0 Å². The van der Waals surface area contributed by atoms with Crippen LogP contribution in [-0.4, -0.2) is 33.5 Å². The summed E-state index contributed by atoms with van der Waals surface area (Å²) in [6.45, 7) is 4.98. The highest BCUT2D eigenvalue weighted by Gasteiger charge is 2.19. The van der Waals surface area contributed by atoms with E-state index in [4.69, 9.17) is 4.74 Å². The van der Waals surface area contributed by atoms with Gasteiger partial charge >= 0.3 is 0 Å². The number of ether oxygens (including phenoxy) is 1. The largest absolute Gasteiger partial charge is 0.497 e. The number of benzene rings is 3. The van der Waals surface area contributed by atoms with E-state index in [0.29, 0.717) is 0 Å². The number of nitrogens with one attached hydrogen (secondary N) is 1. The smallest absolute Gasteiger partial charge is 0.231 e. The number of hydrogen-bond donors (Lipinski definition) is 1. The molecule has 3 aromatic carbocycles. The van der Waals surface area contributed by atoms with Gasteiger partial charge in [-0.2, -0.15) is 0 Å². The van der Waals surface area contributed by atoms with E-state index in [-0.39, 0.29) is 17.7 Å². The lowest BCUT2D eigenvalue weighted by Crippen LogP contribution is -2.30. The van der Waals surface area contributed by atoms with Crippen molar-refractivity contribution < 1.29 is 9.53 Å². The normalized spacial score (nSPS) is 11.7. The Morgan fingerprint density at radius 3 is 2.43 bits per heavy atom. The van der Waals surface area contributed by atoms with Crippen molar-refractivity contribution in [3.63, 3.8) is 0 Å². The predicted octanol–water partition coefficient (Wildman–Crippen LogP) is 5.67. The van der Waals surface area contributed by atoms with Gasteiger partial charge in [0.25, 0.3) is 0 Å². The second kappa shape index (κ2) is 11.7. The minimum Gasteiger partial charge on any atom is -0.497 e. The molecule has 0 saturated carbocycles. The third kappa shape index (κ3) is 6.11. The van der Waals surface area contributed by atoms with E-state index in [1.165, 1.54) is 17.3 Å². The van der Waals surface area contributed by atoms with Gasteiger partial charge in [-0.05, 0) is 42.7 Å². The molecule has 1 unspecified atom stereocenters. The molecule has 0 spiro atoms. The average molecular weight is 487 g/mol. The standard InChI is InChI=1S/C28H30N4O2S/c1-4-17-32-27(23-12-8-9-20(2)18-23)30-31-28(32)35-19-25(33)29-26(21-10-6-5-7-11-21)22-13-15-24(34-3)16-14-22/h5-16,18,26H,4,17,19H2,1-3H3,(H,29,33). The zero-order valence-corrected chi connectivity index (χ0v) is 21.1. The first-order valence-corrected chi connectivity index (χ1v) is 12.7. The summed E-state index contributed by atoms with van der Waals surface area (Å²) in [6.07, 6.45) is 0.949. The second-order valence-corrected chi connectivity index (χ2v) is 9.24. The summed E-state index contributed by atoms with van der Waals surface area (Å²) in [5, 5.41) is 12.8. The quantitative estimate of drug-likeness (QED) is 0.293. The number of amides is 1. The molecule has 0 bridgehead atoms. The van der Waals surface area contributed by atoms with Crippen LogP contribution in [0.3, 0.4) is 0 Å². The molecule has 0 aliphatic rings. The number of nitrogens with zero attached hydrogens (tertiary/aromatic N) is 3. The Labute approximate surface area is 210 Å². The highest BCUT2D eigenvalue weighted by molar-refractivity contribution is 7.99. The maximum Gasteiger partial charge on any atom is 0.231 e. The summed E-state index contributed by atoms with van der Waals surface area (Å²) in [4.78, 5) is 13.1. The first-order valence-electron chi connectivity index (χ1n) is 11.7. The van der Waals surface area contributed by atoms with Crippen molar-refractivity contribution in [3.05, 3.63) is 95.6 Å². The number of hydrogen-bond acceptors (Lipinski definition) is 5. The molecule has 6 nitrogen and oxygen atoms in total. The van der Waals surface area contributed by atoms with E-state index < -0.39 is 0 Å². The summed E-state index contributed by atoms with van der Waals surface area (Å²) in [7, 11) is 1.64. The SMILES string of the molecule is CCCn1c(SCC(=O)NC(c2ccccc2)c2ccc(OC)cc2)nnc1-c1cccc(C)c1. The number of carbonyl (C=O) groups excluding carboxylic acids is 1. The number of thioether (sulfide) groups is 1. The Bertz CT molecular complexity index is 1260. The number of rotatable bonds is 10. The number of aryl methyl sites for hydroxylation is 1. The molecule has 4 rings (SSSR count). The first-order chi connectivity index (χ1) is 17.1. The molecule has 0 fully saturated rings. The van der Waals surface area contributed by atoms with Crippen molar-refractivity contribution in [1.29, 1.82) is 0 Å². The molecule has 1 aromatic heterocycles. The van der Waals surface area contributed by atoms with Gasteiger partial charge < -0.3 is 14.6 Å². The number of carbonyl (C=O) groups is 1. The Morgan fingerprint density at radius 1 is 1.00 bits per heavy atom. The van der Waals surface area contributed by atoms with Crippen LogP contribution in [0.2, 0.25) is 0 Å². The van der Waals surface area contributed by atoms with Crippen LogP contribution in [0.1, 0.15) is 36.1 Å². The minimum absolute atomic E-state index is 0.0668. The van der Waals surface area contributed by atoms with Gasteiger partial charge in [-0.1, -0.05) is 84.9 Å². The fourth-order valence-corrected chi connectivity index (χ4v) is 4.73. The molecule has 4 aromatic rings. The fraction of sp³-hybridized carbons (Fsp3) is 0.250. The third-order valence-electron chi connectivity index (χ3n) is 5.66. The molecular weight excluding hydrogens is 456 g/mol. The van der Waals surface area contributed by atoms with Crippen LogP contribution < -0.4 is 10.1 Å². The van der Waals surface area contributed by atoms with Gasteiger partial charge in [0.2, 0.25) is 5.91 Å². The zero-order valence-electron chi connectivity index (χ0n) is 20.3. The van der Waals surface area contributed by atoms with Crippen LogP contribution in [0.15, 0.2) is 84.0 Å². The van der Waals surface area contributed by atoms with Crippen molar-refractivity contribution in [3.8, 4) is 17.1 Å². The van der Waals surface area contributed by atoms with Crippen molar-refractivity contribution >= 4 is 17.7 Å². The van der Waals surface area contributed by atoms with Gasteiger partial charge in [0, 0.05) is 12.1 Å². The molecule has 1 N–H and O–H groups in total. The summed E-state index contributed by atoms with van der Waals surface area (Å²) < 4.78 is 7.39. The van der Waals surface area contributed by atoms with Crippen LogP contribution in [0.5, 0.6) is 5.75 Å². The van der Waals surface area contributed by atoms with Gasteiger partial charge in [0.15, 0.2) is 11.0 Å². The van der Waals surface area contributed by atoms with Crippen LogP contribution >= 0.6 is 11.8 Å². The molecule has 0 radical (unpaired) electrons. The molecular formula is C28H30N4O2S. The highest BCUT2D eigenvalue weighted by atomic mass is 32.2. The second-order valence-electron chi connectivity index (χ2n) is 8.30. The molecule has 1 amide bonds. The Balaban J connectivity index is 1.50. The molecule has 35 heavy (non-hydrogen) atoms.